The standard InChI is InChI=1S/C22H18FN5O3S/c1-14(25)17(11-24)19(29)12-31-20(30)13-32-22-27-26-21(16-9-5-6-10-18(16)23)28(22)15-7-3-2-4-8-15/h2-10H,12-13,25H2,1H3. The van der Waals surface area contributed by atoms with Gasteiger partial charge in [0.05, 0.1) is 11.3 Å². The Kier molecular flexibility index (Phi) is 7.36. The number of allylic oxidation sites excluding steroid dienone is 1. The van der Waals surface area contributed by atoms with E-state index in [-0.39, 0.29) is 28.4 Å². The fraction of sp³-hybridized carbons (Fsp3) is 0.136. The van der Waals surface area contributed by atoms with Gasteiger partial charge in [-0.05, 0) is 31.2 Å². The molecule has 0 spiro atoms. The molecule has 2 N–H and O–H groups in total. The average molecular weight is 451 g/mol. The van der Waals surface area contributed by atoms with E-state index in [9.17, 15) is 14.0 Å². The van der Waals surface area contributed by atoms with Crippen LogP contribution in [0.5, 0.6) is 0 Å². The van der Waals surface area contributed by atoms with Crippen molar-refractivity contribution in [2.24, 2.45) is 5.73 Å². The first-order valence-corrected chi connectivity index (χ1v) is 10.3. The van der Waals surface area contributed by atoms with Crippen molar-refractivity contribution in [2.45, 2.75) is 12.1 Å². The summed E-state index contributed by atoms with van der Waals surface area (Å²) in [5, 5.41) is 17.5. The van der Waals surface area contributed by atoms with E-state index in [1.54, 1.807) is 41.0 Å². The molecule has 0 aliphatic heterocycles. The molecule has 1 heterocycles. The summed E-state index contributed by atoms with van der Waals surface area (Å²) < 4.78 is 21.0. The predicted molar refractivity (Wildman–Crippen MR) is 116 cm³/mol. The molecule has 0 aliphatic rings. The highest BCUT2D eigenvalue weighted by atomic mass is 32.2. The zero-order valence-electron chi connectivity index (χ0n) is 17.0. The molecule has 3 aromatic rings. The SMILES string of the molecule is CC(N)=C(C#N)C(=O)COC(=O)CSc1nnc(-c2ccccc2F)n1-c1ccccc1. The van der Waals surface area contributed by atoms with Gasteiger partial charge in [0.1, 0.15) is 17.5 Å². The molecule has 8 nitrogen and oxygen atoms in total. The summed E-state index contributed by atoms with van der Waals surface area (Å²) in [5.41, 5.74) is 6.22. The summed E-state index contributed by atoms with van der Waals surface area (Å²) in [4.78, 5) is 24.1. The number of nitrogens with two attached hydrogens (primary N) is 1. The lowest BCUT2D eigenvalue weighted by Crippen LogP contribution is -2.18. The second-order valence-electron chi connectivity index (χ2n) is 6.50. The summed E-state index contributed by atoms with van der Waals surface area (Å²) in [6.45, 7) is 0.820. The minimum absolute atomic E-state index is 0.0551. The van der Waals surface area contributed by atoms with E-state index >= 15 is 0 Å². The van der Waals surface area contributed by atoms with Crippen LogP contribution in [0.1, 0.15) is 6.92 Å². The first-order valence-electron chi connectivity index (χ1n) is 9.36. The van der Waals surface area contributed by atoms with Gasteiger partial charge in [0.15, 0.2) is 17.6 Å². The highest BCUT2D eigenvalue weighted by Crippen LogP contribution is 2.29. The lowest BCUT2D eigenvalue weighted by molar-refractivity contribution is -0.144. The van der Waals surface area contributed by atoms with Crippen LogP contribution >= 0.6 is 11.8 Å². The molecule has 0 radical (unpaired) electrons. The second kappa shape index (κ2) is 10.4. The van der Waals surface area contributed by atoms with E-state index < -0.39 is 24.2 Å². The summed E-state index contributed by atoms with van der Waals surface area (Å²) in [6, 6.07) is 16.9. The number of rotatable bonds is 8. The molecule has 3 rings (SSSR count). The molecule has 0 amide bonds. The van der Waals surface area contributed by atoms with Crippen LogP contribution in [0.25, 0.3) is 17.1 Å². The van der Waals surface area contributed by atoms with E-state index in [0.717, 1.165) is 11.8 Å². The van der Waals surface area contributed by atoms with Gasteiger partial charge < -0.3 is 10.5 Å². The van der Waals surface area contributed by atoms with Crippen molar-refractivity contribution >= 4 is 23.5 Å². The molecule has 0 saturated heterocycles. The maximum Gasteiger partial charge on any atom is 0.316 e. The van der Waals surface area contributed by atoms with E-state index in [1.165, 1.54) is 13.0 Å². The molecule has 0 fully saturated rings. The van der Waals surface area contributed by atoms with Crippen LogP contribution in [0, 0.1) is 17.1 Å². The molecule has 1 aromatic heterocycles. The molecule has 162 valence electrons. The van der Waals surface area contributed by atoms with Gasteiger partial charge in [0.2, 0.25) is 5.78 Å². The number of ketones is 1. The minimum atomic E-state index is -0.689. The quantitative estimate of drug-likeness (QED) is 0.240. The highest BCUT2D eigenvalue weighted by molar-refractivity contribution is 7.99. The number of benzene rings is 2. The molecule has 32 heavy (non-hydrogen) atoms. The number of thioether (sulfide) groups is 1. The monoisotopic (exact) mass is 451 g/mol. The number of ether oxygens (including phenoxy) is 1. The van der Waals surface area contributed by atoms with Crippen LogP contribution in [0.3, 0.4) is 0 Å². The van der Waals surface area contributed by atoms with Crippen molar-refractivity contribution in [1.82, 2.24) is 14.8 Å². The number of aromatic nitrogens is 3. The average Bonchev–Trinajstić information content (AvgIpc) is 3.21. The van der Waals surface area contributed by atoms with E-state index in [0.29, 0.717) is 10.8 Å². The summed E-state index contributed by atoms with van der Waals surface area (Å²) in [6.07, 6.45) is 0. The van der Waals surface area contributed by atoms with Gasteiger partial charge in [-0.3, -0.25) is 14.2 Å². The third kappa shape index (κ3) is 5.19. The summed E-state index contributed by atoms with van der Waals surface area (Å²) in [7, 11) is 0. The van der Waals surface area contributed by atoms with E-state index in [2.05, 4.69) is 10.2 Å². The number of carbonyl (C=O) groups is 2. The lowest BCUT2D eigenvalue weighted by atomic mass is 10.1. The largest absolute Gasteiger partial charge is 0.457 e. The number of Topliss-reactive ketones (excluding diaryl/α,β-unsaturated/α-hetero) is 1. The van der Waals surface area contributed by atoms with Crippen molar-refractivity contribution in [3.8, 4) is 23.1 Å². The molecule has 0 bridgehead atoms. The third-order valence-corrected chi connectivity index (χ3v) is 5.13. The molecular formula is C22H18FN5O3S. The zero-order chi connectivity index (χ0) is 23.1. The number of carbonyl (C=O) groups excluding carboxylic acids is 2. The summed E-state index contributed by atoms with van der Waals surface area (Å²) in [5.74, 6) is -1.72. The zero-order valence-corrected chi connectivity index (χ0v) is 17.8. The number of hydrogen-bond donors (Lipinski definition) is 1. The molecular weight excluding hydrogens is 433 g/mol. The van der Waals surface area contributed by atoms with Gasteiger partial charge in [0, 0.05) is 11.4 Å². The fourth-order valence-corrected chi connectivity index (χ4v) is 3.49. The third-order valence-electron chi connectivity index (χ3n) is 4.23. The number of nitrogens with zero attached hydrogens (tertiary/aromatic N) is 4. The minimum Gasteiger partial charge on any atom is -0.457 e. The smallest absolute Gasteiger partial charge is 0.316 e. The van der Waals surface area contributed by atoms with Gasteiger partial charge in [0.25, 0.3) is 0 Å². The molecule has 10 heteroatoms. The Morgan fingerprint density at radius 1 is 1.16 bits per heavy atom. The van der Waals surface area contributed by atoms with Crippen molar-refractivity contribution in [3.05, 3.63) is 71.7 Å². The first kappa shape index (κ1) is 22.7. The molecule has 0 unspecified atom stereocenters. The van der Waals surface area contributed by atoms with Crippen molar-refractivity contribution in [2.75, 3.05) is 12.4 Å². The number of halogens is 1. The van der Waals surface area contributed by atoms with Crippen LogP contribution in [0.15, 0.2) is 71.0 Å². The van der Waals surface area contributed by atoms with Gasteiger partial charge in [-0.25, -0.2) is 4.39 Å². The van der Waals surface area contributed by atoms with Gasteiger partial charge in [-0.2, -0.15) is 5.26 Å². The van der Waals surface area contributed by atoms with Crippen LogP contribution in [0.4, 0.5) is 4.39 Å². The molecule has 0 atom stereocenters. The van der Waals surface area contributed by atoms with Crippen molar-refractivity contribution < 1.29 is 18.7 Å². The second-order valence-corrected chi connectivity index (χ2v) is 7.44. The Hall–Kier alpha value is -3.97. The first-order chi connectivity index (χ1) is 15.4. The van der Waals surface area contributed by atoms with Gasteiger partial charge in [-0.1, -0.05) is 42.1 Å². The van der Waals surface area contributed by atoms with E-state index in [4.69, 9.17) is 15.7 Å². The maximum atomic E-state index is 14.4. The van der Waals surface area contributed by atoms with Crippen LogP contribution in [-0.2, 0) is 14.3 Å². The lowest BCUT2D eigenvalue weighted by Gasteiger charge is -2.10. The highest BCUT2D eigenvalue weighted by Gasteiger charge is 2.20. The predicted octanol–water partition coefficient (Wildman–Crippen LogP) is 3.03. The number of hydrogen-bond acceptors (Lipinski definition) is 8. The number of para-hydroxylation sites is 1. The van der Waals surface area contributed by atoms with Gasteiger partial charge >= 0.3 is 5.97 Å². The number of esters is 1. The Bertz CT molecular complexity index is 1210. The Morgan fingerprint density at radius 3 is 2.50 bits per heavy atom. The topological polar surface area (TPSA) is 124 Å². The Morgan fingerprint density at radius 2 is 1.84 bits per heavy atom. The molecule has 2 aromatic carbocycles. The Labute approximate surface area is 187 Å². The normalized spacial score (nSPS) is 11.4. The maximum absolute atomic E-state index is 14.4. The van der Waals surface area contributed by atoms with Gasteiger partial charge in [-0.15, -0.1) is 10.2 Å². The van der Waals surface area contributed by atoms with E-state index in [1.807, 2.05) is 18.2 Å². The van der Waals surface area contributed by atoms with Crippen molar-refractivity contribution in [3.63, 3.8) is 0 Å². The summed E-state index contributed by atoms with van der Waals surface area (Å²) >= 11 is 1.02. The fourth-order valence-electron chi connectivity index (χ4n) is 2.74. The van der Waals surface area contributed by atoms with Crippen LogP contribution in [-0.4, -0.2) is 38.9 Å². The molecule has 0 aliphatic carbocycles. The van der Waals surface area contributed by atoms with Crippen LogP contribution < -0.4 is 5.73 Å². The van der Waals surface area contributed by atoms with Crippen molar-refractivity contribution in [1.29, 1.82) is 5.26 Å². The van der Waals surface area contributed by atoms with Crippen LogP contribution in [0.2, 0.25) is 0 Å². The Balaban J connectivity index is 1.78. The molecule has 0 saturated carbocycles. The number of nitriles is 1.